The van der Waals surface area contributed by atoms with Gasteiger partial charge in [-0.2, -0.15) is 4.99 Å². The van der Waals surface area contributed by atoms with E-state index >= 15 is 0 Å². The molecule has 2 rings (SSSR count). The summed E-state index contributed by atoms with van der Waals surface area (Å²) in [6.45, 7) is 5.33. The second kappa shape index (κ2) is 9.85. The summed E-state index contributed by atoms with van der Waals surface area (Å²) in [5, 5.41) is 1.93. The number of aryl methyl sites for hydroxylation is 2. The molecule has 1 heterocycles. The maximum Gasteiger partial charge on any atom is 0.279 e. The van der Waals surface area contributed by atoms with Gasteiger partial charge in [-0.15, -0.1) is 17.9 Å². The number of amides is 1. The summed E-state index contributed by atoms with van der Waals surface area (Å²) in [6.07, 6.45) is 0.717. The van der Waals surface area contributed by atoms with Crippen molar-refractivity contribution in [2.45, 2.75) is 33.4 Å². The van der Waals surface area contributed by atoms with Crippen LogP contribution >= 0.6 is 11.3 Å². The largest absolute Gasteiger partial charge is 0.677 e. The van der Waals surface area contributed by atoms with Crippen molar-refractivity contribution < 1.29 is 48.9 Å². The van der Waals surface area contributed by atoms with Gasteiger partial charge in [-0.05, 0) is 25.5 Å². The van der Waals surface area contributed by atoms with Crippen molar-refractivity contribution in [1.82, 2.24) is 4.57 Å². The van der Waals surface area contributed by atoms with E-state index in [0.717, 1.165) is 16.8 Å². The number of carbonyl (C=O) groups excluding carboxylic acids is 1. The molecule has 2 aromatic rings. The Kier molecular flexibility index (Phi) is 8.88. The van der Waals surface area contributed by atoms with Crippen LogP contribution in [0.4, 0.5) is 0 Å². The fourth-order valence-electron chi connectivity index (χ4n) is 2.29. The number of rotatable bonds is 5. The van der Waals surface area contributed by atoms with Gasteiger partial charge in [0.15, 0.2) is 4.80 Å². The zero-order chi connectivity index (χ0) is 16.1. The molecule has 0 aliphatic carbocycles. The van der Waals surface area contributed by atoms with Crippen LogP contribution in [0.25, 0.3) is 5.73 Å². The normalized spacial score (nSPS) is 11.4. The van der Waals surface area contributed by atoms with E-state index in [4.69, 9.17) is 11.5 Å². The molecule has 23 heavy (non-hydrogen) atoms. The number of benzene rings is 1. The molecule has 0 atom stereocenters. The Morgan fingerprint density at radius 1 is 1.39 bits per heavy atom. The topological polar surface area (TPSA) is 84.2 Å². The molecule has 0 bridgehead atoms. The van der Waals surface area contributed by atoms with E-state index in [1.54, 1.807) is 0 Å². The molecule has 5 nitrogen and oxygen atoms in total. The smallest absolute Gasteiger partial charge is 0.279 e. The minimum atomic E-state index is -0.234. The molecule has 7 heteroatoms. The number of thiazole rings is 1. The molecule has 1 amide bonds. The van der Waals surface area contributed by atoms with Crippen LogP contribution in [0.2, 0.25) is 0 Å². The Labute approximate surface area is 176 Å². The Hall–Kier alpha value is -0.318. The quantitative estimate of drug-likeness (QED) is 0.628. The molecule has 3 N–H and O–H groups in total. The van der Waals surface area contributed by atoms with Crippen molar-refractivity contribution >= 4 is 17.2 Å². The second-order valence-electron chi connectivity index (χ2n) is 5.20. The van der Waals surface area contributed by atoms with Crippen LogP contribution in [0.1, 0.15) is 33.6 Å². The fourth-order valence-corrected chi connectivity index (χ4v) is 3.23. The van der Waals surface area contributed by atoms with E-state index in [2.05, 4.69) is 4.99 Å². The van der Waals surface area contributed by atoms with Crippen LogP contribution < -0.4 is 10.5 Å². The van der Waals surface area contributed by atoms with E-state index in [1.165, 1.54) is 11.3 Å². The van der Waals surface area contributed by atoms with Gasteiger partial charge < -0.3 is 16.0 Å². The summed E-state index contributed by atoms with van der Waals surface area (Å²) in [6, 6.07) is 5.72. The Bertz CT molecular complexity index is 736. The predicted molar refractivity (Wildman–Crippen MR) is 89.8 cm³/mol. The minimum Gasteiger partial charge on any atom is -0.677 e. The summed E-state index contributed by atoms with van der Waals surface area (Å²) >= 11 is 1.42. The number of nitrogens with one attached hydrogen (secondary N) is 1. The Morgan fingerprint density at radius 3 is 2.74 bits per heavy atom. The van der Waals surface area contributed by atoms with E-state index in [0.29, 0.717) is 36.4 Å². The van der Waals surface area contributed by atoms with Crippen molar-refractivity contribution in [2.75, 3.05) is 6.54 Å². The van der Waals surface area contributed by atoms with Crippen molar-refractivity contribution in [3.8, 4) is 0 Å². The van der Waals surface area contributed by atoms with Gasteiger partial charge in [0.1, 0.15) is 0 Å². The maximum atomic E-state index is 12.4. The number of aromatic nitrogens is 1. The zero-order valence-corrected chi connectivity index (χ0v) is 19.1. The summed E-state index contributed by atoms with van der Waals surface area (Å²) in [5.41, 5.74) is 16.7. The van der Waals surface area contributed by atoms with Gasteiger partial charge in [0.25, 0.3) is 5.91 Å². The number of hydrogen-bond acceptors (Lipinski definition) is 3. The Morgan fingerprint density at radius 2 is 2.13 bits per heavy atom. The van der Waals surface area contributed by atoms with Gasteiger partial charge in [0.2, 0.25) is 0 Å². The average molecular weight is 544 g/mol. The third kappa shape index (κ3) is 5.33. The number of nitrogens with two attached hydrogens (primary N) is 1. The van der Waals surface area contributed by atoms with Crippen LogP contribution in [0.5, 0.6) is 0 Å². The van der Waals surface area contributed by atoms with Crippen molar-refractivity contribution in [3.05, 3.63) is 56.5 Å². The fraction of sp³-hybridized carbons (Fsp3) is 0.375. The Balaban J connectivity index is 0.00000264. The molecule has 0 spiro atoms. The molecule has 0 fully saturated rings. The average Bonchev–Trinajstić information content (AvgIpc) is 2.86. The van der Waals surface area contributed by atoms with Crippen molar-refractivity contribution in [3.63, 3.8) is 0 Å². The van der Waals surface area contributed by atoms with Crippen LogP contribution in [0, 0.1) is 57.9 Å². The maximum absolute atomic E-state index is 12.4. The second-order valence-corrected chi connectivity index (χ2v) is 6.04. The van der Waals surface area contributed by atoms with Crippen LogP contribution in [0.15, 0.2) is 28.6 Å². The first-order valence-electron chi connectivity index (χ1n) is 7.25. The van der Waals surface area contributed by atoms with Crippen LogP contribution in [0.3, 0.4) is 0 Å². The number of nitrogens with zero attached hydrogens (tertiary/aromatic N) is 2. The van der Waals surface area contributed by atoms with Gasteiger partial charge in [-0.3, -0.25) is 4.79 Å². The van der Waals surface area contributed by atoms with Gasteiger partial charge in [-0.1, -0.05) is 24.1 Å². The zero-order valence-electron chi connectivity index (χ0n) is 13.5. The van der Waals surface area contributed by atoms with Gasteiger partial charge in [0, 0.05) is 73.8 Å². The third-order valence-corrected chi connectivity index (χ3v) is 4.37. The molecule has 1 radical (unpaired) electrons. The molecule has 1 aromatic carbocycles. The van der Waals surface area contributed by atoms with Crippen molar-refractivity contribution in [2.24, 2.45) is 10.7 Å². The first-order chi connectivity index (χ1) is 10.6. The standard InChI is InChI=1S/C16H21N4OS.Ac/c1-11-4-5-14(12(2)8-11)15(21)19-16-20(7-3-6-17)13(9-18)10-22-16;/h4-5,8,10,17H,3,6-7,9,18H2,1-2H3;/q-1;. The third-order valence-electron chi connectivity index (χ3n) is 3.46. The summed E-state index contributed by atoms with van der Waals surface area (Å²) in [4.78, 5) is 17.3. The van der Waals surface area contributed by atoms with E-state index in [1.807, 2.05) is 42.0 Å². The molecule has 0 aliphatic rings. The predicted octanol–water partition coefficient (Wildman–Crippen LogP) is 2.81. The first-order valence-corrected chi connectivity index (χ1v) is 8.13. The summed E-state index contributed by atoms with van der Waals surface area (Å²) in [7, 11) is 0. The molecule has 121 valence electrons. The van der Waals surface area contributed by atoms with Gasteiger partial charge in [-0.25, -0.2) is 0 Å². The minimum absolute atomic E-state index is 0. The van der Waals surface area contributed by atoms with Gasteiger partial charge >= 0.3 is 0 Å². The number of hydrogen-bond donors (Lipinski definition) is 1. The van der Waals surface area contributed by atoms with E-state index < -0.39 is 0 Å². The first kappa shape index (κ1) is 20.7. The number of carbonyl (C=O) groups is 1. The van der Waals surface area contributed by atoms with Gasteiger partial charge in [0.05, 0.1) is 0 Å². The van der Waals surface area contributed by atoms with Crippen LogP contribution in [-0.4, -0.2) is 17.0 Å². The van der Waals surface area contributed by atoms with Crippen molar-refractivity contribution in [1.29, 1.82) is 0 Å². The summed E-state index contributed by atoms with van der Waals surface area (Å²) < 4.78 is 1.95. The molecule has 0 aliphatic heterocycles. The molecule has 0 saturated heterocycles. The molecule has 1 aromatic heterocycles. The molecular formula is C16H21AcN4OS-. The monoisotopic (exact) mass is 544 g/mol. The molecule has 0 unspecified atom stereocenters. The van der Waals surface area contributed by atoms with E-state index in [-0.39, 0.29) is 50.0 Å². The van der Waals surface area contributed by atoms with Crippen LogP contribution in [-0.2, 0) is 13.1 Å². The molecular weight excluding hydrogens is 523 g/mol. The van der Waals surface area contributed by atoms with E-state index in [9.17, 15) is 4.79 Å². The SMILES string of the molecule is Cc1ccc(C(=O)N=c2scc(CN)n2CCC[NH-])c(C)c1.[Ac]. The molecule has 0 saturated carbocycles. The summed E-state index contributed by atoms with van der Waals surface area (Å²) in [5.74, 6) is -0.234.